The fourth-order valence-corrected chi connectivity index (χ4v) is 2.23. The molecule has 4 nitrogen and oxygen atoms in total. The van der Waals surface area contributed by atoms with Crippen molar-refractivity contribution in [1.82, 2.24) is 14.8 Å². The smallest absolute Gasteiger partial charge is 0.246 e. The van der Waals surface area contributed by atoms with Crippen LogP contribution >= 0.6 is 0 Å². The van der Waals surface area contributed by atoms with E-state index >= 15 is 0 Å². The van der Waals surface area contributed by atoms with Gasteiger partial charge in [-0.15, -0.1) is 0 Å². The van der Waals surface area contributed by atoms with Crippen molar-refractivity contribution in [1.29, 1.82) is 0 Å². The van der Waals surface area contributed by atoms with Crippen LogP contribution in [0.2, 0.25) is 0 Å². The second-order valence-corrected chi connectivity index (χ2v) is 5.89. The van der Waals surface area contributed by atoms with Crippen LogP contribution < -0.4 is 0 Å². The summed E-state index contributed by atoms with van der Waals surface area (Å²) in [5.41, 5.74) is 0.671. The minimum Gasteiger partial charge on any atom is -0.333 e. The number of nitrogens with zero attached hydrogens (tertiary/aromatic N) is 3. The van der Waals surface area contributed by atoms with E-state index in [1.54, 1.807) is 23.4 Å². The first-order chi connectivity index (χ1) is 12.0. The molecule has 0 aliphatic heterocycles. The number of rotatable bonds is 7. The van der Waals surface area contributed by atoms with Gasteiger partial charge in [-0.05, 0) is 43.9 Å². The highest BCUT2D eigenvalue weighted by Crippen LogP contribution is 2.14. The number of aromatic nitrogens is 1. The molecule has 1 heterocycles. The number of benzene rings is 1. The third-order valence-electron chi connectivity index (χ3n) is 3.62. The quantitative estimate of drug-likeness (QED) is 0.724. The summed E-state index contributed by atoms with van der Waals surface area (Å²) in [5.74, 6) is -1.71. The molecular formula is C19H21F2N3O. The molecule has 1 aromatic heterocycles. The summed E-state index contributed by atoms with van der Waals surface area (Å²) in [6, 6.07) is 7.28. The molecule has 0 aliphatic rings. The third kappa shape index (κ3) is 5.76. The van der Waals surface area contributed by atoms with Crippen molar-refractivity contribution in [2.24, 2.45) is 0 Å². The van der Waals surface area contributed by atoms with Crippen LogP contribution in [0, 0.1) is 11.6 Å². The summed E-state index contributed by atoms with van der Waals surface area (Å²) in [7, 11) is 3.83. The van der Waals surface area contributed by atoms with Crippen molar-refractivity contribution in [2.45, 2.75) is 6.54 Å². The number of hydrogen-bond donors (Lipinski definition) is 0. The molecule has 0 saturated carbocycles. The van der Waals surface area contributed by atoms with E-state index in [1.165, 1.54) is 18.2 Å². The molecule has 1 aromatic carbocycles. The van der Waals surface area contributed by atoms with Gasteiger partial charge in [0.2, 0.25) is 5.91 Å². The van der Waals surface area contributed by atoms with Gasteiger partial charge in [-0.1, -0.05) is 12.1 Å². The van der Waals surface area contributed by atoms with Gasteiger partial charge in [0.15, 0.2) is 0 Å². The van der Waals surface area contributed by atoms with Gasteiger partial charge < -0.3 is 9.80 Å². The van der Waals surface area contributed by atoms with Gasteiger partial charge in [0.25, 0.3) is 0 Å². The Morgan fingerprint density at radius 2 is 1.84 bits per heavy atom. The summed E-state index contributed by atoms with van der Waals surface area (Å²) in [6.45, 7) is 1.54. The predicted molar refractivity (Wildman–Crippen MR) is 93.6 cm³/mol. The molecule has 132 valence electrons. The number of pyridine rings is 1. The number of carbonyl (C=O) groups excluding carboxylic acids is 1. The van der Waals surface area contributed by atoms with E-state index in [9.17, 15) is 13.6 Å². The Morgan fingerprint density at radius 1 is 1.12 bits per heavy atom. The van der Waals surface area contributed by atoms with Crippen LogP contribution in [0.5, 0.6) is 0 Å². The van der Waals surface area contributed by atoms with Crippen molar-refractivity contribution < 1.29 is 13.6 Å². The molecule has 0 N–H and O–H groups in total. The maximum Gasteiger partial charge on any atom is 0.246 e. The second-order valence-electron chi connectivity index (χ2n) is 5.89. The Morgan fingerprint density at radius 3 is 2.44 bits per heavy atom. The van der Waals surface area contributed by atoms with Gasteiger partial charge in [0, 0.05) is 43.7 Å². The van der Waals surface area contributed by atoms with E-state index in [0.717, 1.165) is 17.7 Å². The molecule has 0 spiro atoms. The monoisotopic (exact) mass is 345 g/mol. The fraction of sp³-hybridized carbons (Fsp3) is 0.263. The standard InChI is InChI=1S/C19H21F2N3O/c1-23(2)11-12-24(14-15-5-4-10-22-13-15)19(25)9-8-16-17(20)6-3-7-18(16)21/h3-10,13H,11-12,14H2,1-2H3/b9-8+. The number of halogens is 2. The maximum absolute atomic E-state index is 13.7. The van der Waals surface area contributed by atoms with Gasteiger partial charge >= 0.3 is 0 Å². The minimum absolute atomic E-state index is 0.218. The average Bonchev–Trinajstić information content (AvgIpc) is 2.58. The third-order valence-corrected chi connectivity index (χ3v) is 3.62. The van der Waals surface area contributed by atoms with Crippen LogP contribution in [0.3, 0.4) is 0 Å². The van der Waals surface area contributed by atoms with Crippen molar-refractivity contribution in [3.63, 3.8) is 0 Å². The first kappa shape index (κ1) is 18.7. The van der Waals surface area contributed by atoms with Crippen molar-refractivity contribution >= 4 is 12.0 Å². The number of likely N-dealkylation sites (N-methyl/N-ethyl adjacent to an activating group) is 1. The maximum atomic E-state index is 13.7. The van der Waals surface area contributed by atoms with Crippen LogP contribution in [0.15, 0.2) is 48.8 Å². The zero-order chi connectivity index (χ0) is 18.2. The molecule has 0 saturated heterocycles. The molecule has 0 atom stereocenters. The largest absolute Gasteiger partial charge is 0.333 e. The van der Waals surface area contributed by atoms with Crippen molar-refractivity contribution in [3.8, 4) is 0 Å². The molecule has 0 unspecified atom stereocenters. The lowest BCUT2D eigenvalue weighted by atomic mass is 10.1. The van der Waals surface area contributed by atoms with E-state index in [-0.39, 0.29) is 11.5 Å². The van der Waals surface area contributed by atoms with Crippen LogP contribution in [0.4, 0.5) is 8.78 Å². The molecule has 2 aromatic rings. The lowest BCUT2D eigenvalue weighted by Crippen LogP contribution is -2.35. The summed E-state index contributed by atoms with van der Waals surface area (Å²) in [5, 5.41) is 0. The normalized spacial score (nSPS) is 11.2. The number of carbonyl (C=O) groups is 1. The summed E-state index contributed by atoms with van der Waals surface area (Å²) < 4.78 is 27.3. The Balaban J connectivity index is 2.15. The highest BCUT2D eigenvalue weighted by Gasteiger charge is 2.13. The molecule has 1 amide bonds. The topological polar surface area (TPSA) is 36.4 Å². The summed E-state index contributed by atoms with van der Waals surface area (Å²) >= 11 is 0. The Hall–Kier alpha value is -2.60. The van der Waals surface area contributed by atoms with E-state index in [4.69, 9.17) is 0 Å². The lowest BCUT2D eigenvalue weighted by Gasteiger charge is -2.23. The highest BCUT2D eigenvalue weighted by atomic mass is 19.1. The van der Waals surface area contributed by atoms with Crippen LogP contribution in [-0.2, 0) is 11.3 Å². The average molecular weight is 345 g/mol. The SMILES string of the molecule is CN(C)CCN(Cc1cccnc1)C(=O)/C=C/c1c(F)cccc1F. The number of hydrogen-bond acceptors (Lipinski definition) is 3. The molecule has 0 radical (unpaired) electrons. The highest BCUT2D eigenvalue weighted by molar-refractivity contribution is 5.91. The van der Waals surface area contributed by atoms with Crippen molar-refractivity contribution in [2.75, 3.05) is 27.2 Å². The molecule has 25 heavy (non-hydrogen) atoms. The van der Waals surface area contributed by atoms with Gasteiger partial charge in [-0.3, -0.25) is 9.78 Å². The molecule has 0 fully saturated rings. The Labute approximate surface area is 146 Å². The van der Waals surface area contributed by atoms with Crippen molar-refractivity contribution in [3.05, 3.63) is 71.6 Å². The Bertz CT molecular complexity index is 712. The van der Waals surface area contributed by atoms with E-state index in [0.29, 0.717) is 19.6 Å². The zero-order valence-electron chi connectivity index (χ0n) is 14.3. The van der Waals surface area contributed by atoms with Gasteiger partial charge in [0.05, 0.1) is 0 Å². The predicted octanol–water partition coefficient (Wildman–Crippen LogP) is 2.96. The lowest BCUT2D eigenvalue weighted by molar-refractivity contribution is -0.126. The fourth-order valence-electron chi connectivity index (χ4n) is 2.23. The van der Waals surface area contributed by atoms with Gasteiger partial charge in [0.1, 0.15) is 11.6 Å². The molecular weight excluding hydrogens is 324 g/mol. The summed E-state index contributed by atoms with van der Waals surface area (Å²) in [4.78, 5) is 20.1. The molecule has 0 aliphatic carbocycles. The number of amides is 1. The van der Waals surface area contributed by atoms with Gasteiger partial charge in [-0.25, -0.2) is 8.78 Å². The molecule has 0 bridgehead atoms. The molecule has 6 heteroatoms. The minimum atomic E-state index is -0.698. The molecule has 2 rings (SSSR count). The first-order valence-corrected chi connectivity index (χ1v) is 7.92. The van der Waals surface area contributed by atoms with Crippen LogP contribution in [0.25, 0.3) is 6.08 Å². The van der Waals surface area contributed by atoms with Crippen LogP contribution in [-0.4, -0.2) is 47.9 Å². The zero-order valence-corrected chi connectivity index (χ0v) is 14.3. The Kier molecular flexibility index (Phi) is 6.77. The van der Waals surface area contributed by atoms with E-state index in [2.05, 4.69) is 4.98 Å². The van der Waals surface area contributed by atoms with E-state index < -0.39 is 11.6 Å². The van der Waals surface area contributed by atoms with Crippen LogP contribution in [0.1, 0.15) is 11.1 Å². The van der Waals surface area contributed by atoms with E-state index in [1.807, 2.05) is 25.1 Å². The summed E-state index contributed by atoms with van der Waals surface area (Å²) in [6.07, 6.45) is 5.74. The second kappa shape index (κ2) is 9.03. The first-order valence-electron chi connectivity index (χ1n) is 7.92. The van der Waals surface area contributed by atoms with Gasteiger partial charge in [-0.2, -0.15) is 0 Å².